The fourth-order valence-electron chi connectivity index (χ4n) is 2.66. The molecule has 0 unspecified atom stereocenters. The van der Waals surface area contributed by atoms with E-state index in [1.807, 2.05) is 50.2 Å². The van der Waals surface area contributed by atoms with Crippen LogP contribution >= 0.6 is 11.6 Å². The maximum Gasteiger partial charge on any atom is 0.264 e. The van der Waals surface area contributed by atoms with Crippen LogP contribution in [-0.4, -0.2) is 8.42 Å². The topological polar surface area (TPSA) is 37.4 Å². The standard InChI is InChI=1S/C21H20ClNO2S/c1-16-6-10-20(11-7-16)23(15-18-4-3-5-19(22)14-18)26(24,25)21-12-8-17(2)9-13-21/h3-14H,15H2,1-2H3. The fraction of sp³-hybridized carbons (Fsp3) is 0.143. The Bertz CT molecular complexity index is 997. The lowest BCUT2D eigenvalue weighted by atomic mass is 10.2. The van der Waals surface area contributed by atoms with E-state index in [-0.39, 0.29) is 11.4 Å². The van der Waals surface area contributed by atoms with E-state index < -0.39 is 10.0 Å². The largest absolute Gasteiger partial charge is 0.264 e. The Morgan fingerprint density at radius 2 is 1.42 bits per heavy atom. The number of halogens is 1. The minimum absolute atomic E-state index is 0.208. The van der Waals surface area contributed by atoms with Gasteiger partial charge in [0.1, 0.15) is 0 Å². The SMILES string of the molecule is Cc1ccc(N(Cc2cccc(Cl)c2)S(=O)(=O)c2ccc(C)cc2)cc1. The van der Waals surface area contributed by atoms with E-state index in [1.54, 1.807) is 36.4 Å². The average molecular weight is 386 g/mol. The monoisotopic (exact) mass is 385 g/mol. The maximum atomic E-state index is 13.3. The summed E-state index contributed by atoms with van der Waals surface area (Å²) in [7, 11) is -3.70. The van der Waals surface area contributed by atoms with Crippen LogP contribution in [0.2, 0.25) is 5.02 Å². The Kier molecular flexibility index (Phi) is 5.35. The van der Waals surface area contributed by atoms with Crippen molar-refractivity contribution < 1.29 is 8.42 Å². The van der Waals surface area contributed by atoms with Gasteiger partial charge in [-0.3, -0.25) is 4.31 Å². The molecule has 134 valence electrons. The summed E-state index contributed by atoms with van der Waals surface area (Å²) in [6, 6.07) is 21.6. The second-order valence-electron chi connectivity index (χ2n) is 6.29. The molecule has 0 N–H and O–H groups in total. The molecule has 0 saturated heterocycles. The van der Waals surface area contributed by atoms with Crippen molar-refractivity contribution in [1.82, 2.24) is 0 Å². The average Bonchev–Trinajstić information content (AvgIpc) is 2.61. The molecule has 0 amide bonds. The zero-order valence-corrected chi connectivity index (χ0v) is 16.3. The molecule has 0 aromatic heterocycles. The van der Waals surface area contributed by atoms with Gasteiger partial charge in [0.2, 0.25) is 0 Å². The molecule has 3 aromatic carbocycles. The van der Waals surface area contributed by atoms with Gasteiger partial charge in [0.05, 0.1) is 17.1 Å². The van der Waals surface area contributed by atoms with Gasteiger partial charge in [-0.1, -0.05) is 59.1 Å². The highest BCUT2D eigenvalue weighted by Crippen LogP contribution is 2.27. The maximum absolute atomic E-state index is 13.3. The lowest BCUT2D eigenvalue weighted by Crippen LogP contribution is -2.30. The van der Waals surface area contributed by atoms with Gasteiger partial charge in [-0.25, -0.2) is 8.42 Å². The Balaban J connectivity index is 2.07. The minimum atomic E-state index is -3.70. The van der Waals surface area contributed by atoms with E-state index in [9.17, 15) is 8.42 Å². The van der Waals surface area contributed by atoms with E-state index in [1.165, 1.54) is 4.31 Å². The third kappa shape index (κ3) is 4.09. The molecule has 0 atom stereocenters. The highest BCUT2D eigenvalue weighted by atomic mass is 35.5. The van der Waals surface area contributed by atoms with E-state index in [4.69, 9.17) is 11.6 Å². The second-order valence-corrected chi connectivity index (χ2v) is 8.59. The van der Waals surface area contributed by atoms with Gasteiger partial charge >= 0.3 is 0 Å². The van der Waals surface area contributed by atoms with E-state index >= 15 is 0 Å². The first kappa shape index (κ1) is 18.5. The summed E-state index contributed by atoms with van der Waals surface area (Å²) in [5.41, 5.74) is 3.54. The molecule has 0 aliphatic heterocycles. The quantitative estimate of drug-likeness (QED) is 0.593. The first-order valence-electron chi connectivity index (χ1n) is 8.27. The summed E-state index contributed by atoms with van der Waals surface area (Å²) in [5.74, 6) is 0. The van der Waals surface area contributed by atoms with Gasteiger partial charge in [-0.15, -0.1) is 0 Å². The summed E-state index contributed by atoms with van der Waals surface area (Å²) in [4.78, 5) is 0.269. The third-order valence-electron chi connectivity index (χ3n) is 4.15. The predicted octanol–water partition coefficient (Wildman–Crippen LogP) is 5.35. The summed E-state index contributed by atoms with van der Waals surface area (Å²) >= 11 is 6.08. The van der Waals surface area contributed by atoms with Crippen LogP contribution < -0.4 is 4.31 Å². The molecular formula is C21H20ClNO2S. The van der Waals surface area contributed by atoms with Crippen LogP contribution in [0.25, 0.3) is 0 Å². The van der Waals surface area contributed by atoms with E-state index in [2.05, 4.69) is 0 Å². The van der Waals surface area contributed by atoms with Gasteiger partial charge in [-0.05, 0) is 55.8 Å². The number of rotatable bonds is 5. The molecule has 3 nitrogen and oxygen atoms in total. The number of hydrogen-bond acceptors (Lipinski definition) is 2. The van der Waals surface area contributed by atoms with Gasteiger partial charge in [-0.2, -0.15) is 0 Å². The smallest absolute Gasteiger partial charge is 0.262 e. The van der Waals surface area contributed by atoms with Crippen LogP contribution in [0.15, 0.2) is 77.7 Å². The van der Waals surface area contributed by atoms with Crippen molar-refractivity contribution in [1.29, 1.82) is 0 Å². The molecule has 0 aliphatic carbocycles. The summed E-state index contributed by atoms with van der Waals surface area (Å²) in [6.45, 7) is 4.11. The third-order valence-corrected chi connectivity index (χ3v) is 6.17. The van der Waals surface area contributed by atoms with Crippen molar-refractivity contribution in [3.05, 3.63) is 94.5 Å². The lowest BCUT2D eigenvalue weighted by molar-refractivity contribution is 0.590. The number of benzene rings is 3. The van der Waals surface area contributed by atoms with Crippen molar-refractivity contribution >= 4 is 27.3 Å². The molecule has 3 rings (SSSR count). The molecule has 26 heavy (non-hydrogen) atoms. The normalized spacial score (nSPS) is 11.3. The molecule has 0 spiro atoms. The Hall–Kier alpha value is -2.30. The van der Waals surface area contributed by atoms with Crippen LogP contribution in [0.1, 0.15) is 16.7 Å². The number of hydrogen-bond donors (Lipinski definition) is 0. The molecular weight excluding hydrogens is 366 g/mol. The van der Waals surface area contributed by atoms with E-state index in [0.29, 0.717) is 10.7 Å². The molecule has 3 aromatic rings. The highest BCUT2D eigenvalue weighted by molar-refractivity contribution is 7.92. The first-order chi connectivity index (χ1) is 12.4. The highest BCUT2D eigenvalue weighted by Gasteiger charge is 2.25. The second kappa shape index (κ2) is 7.52. The molecule has 0 fully saturated rings. The molecule has 0 heterocycles. The van der Waals surface area contributed by atoms with E-state index in [0.717, 1.165) is 16.7 Å². The summed E-state index contributed by atoms with van der Waals surface area (Å²) in [5, 5.41) is 0.582. The Morgan fingerprint density at radius 3 is 2.00 bits per heavy atom. The minimum Gasteiger partial charge on any atom is -0.262 e. The van der Waals surface area contributed by atoms with Crippen molar-refractivity contribution in [2.24, 2.45) is 0 Å². The zero-order valence-electron chi connectivity index (χ0n) is 14.7. The number of sulfonamides is 1. The fourth-order valence-corrected chi connectivity index (χ4v) is 4.33. The molecule has 5 heteroatoms. The van der Waals surface area contributed by atoms with Crippen LogP contribution in [0, 0.1) is 13.8 Å². The Labute approximate surface area is 159 Å². The summed E-state index contributed by atoms with van der Waals surface area (Å²) < 4.78 is 28.0. The lowest BCUT2D eigenvalue weighted by Gasteiger charge is -2.25. The zero-order chi connectivity index (χ0) is 18.7. The van der Waals surface area contributed by atoms with Gasteiger partial charge in [0, 0.05) is 5.02 Å². The predicted molar refractivity (Wildman–Crippen MR) is 107 cm³/mol. The van der Waals surface area contributed by atoms with Crippen molar-refractivity contribution in [3.8, 4) is 0 Å². The van der Waals surface area contributed by atoms with Crippen LogP contribution in [0.4, 0.5) is 5.69 Å². The van der Waals surface area contributed by atoms with Gasteiger partial charge < -0.3 is 0 Å². The number of aryl methyl sites for hydroxylation is 2. The summed E-state index contributed by atoms with van der Waals surface area (Å²) in [6.07, 6.45) is 0. The van der Waals surface area contributed by atoms with Gasteiger partial charge in [0.25, 0.3) is 10.0 Å². The van der Waals surface area contributed by atoms with Crippen LogP contribution in [0.3, 0.4) is 0 Å². The van der Waals surface area contributed by atoms with Crippen molar-refractivity contribution in [3.63, 3.8) is 0 Å². The number of anilines is 1. The first-order valence-corrected chi connectivity index (χ1v) is 10.1. The van der Waals surface area contributed by atoms with Crippen molar-refractivity contribution in [2.75, 3.05) is 4.31 Å². The molecule has 0 aliphatic rings. The van der Waals surface area contributed by atoms with Gasteiger partial charge in [0.15, 0.2) is 0 Å². The number of nitrogens with zero attached hydrogens (tertiary/aromatic N) is 1. The molecule has 0 saturated carbocycles. The van der Waals surface area contributed by atoms with Crippen molar-refractivity contribution in [2.45, 2.75) is 25.3 Å². The van der Waals surface area contributed by atoms with Crippen LogP contribution in [-0.2, 0) is 16.6 Å². The molecule has 0 bridgehead atoms. The van der Waals surface area contributed by atoms with Crippen LogP contribution in [0.5, 0.6) is 0 Å². The molecule has 0 radical (unpaired) electrons. The Morgan fingerprint density at radius 1 is 0.846 bits per heavy atom.